The fourth-order valence-corrected chi connectivity index (χ4v) is 8.75. The second kappa shape index (κ2) is 21.6. The van der Waals surface area contributed by atoms with Gasteiger partial charge in [0.1, 0.15) is 12.1 Å². The van der Waals surface area contributed by atoms with Crippen molar-refractivity contribution < 1.29 is 39.0 Å². The van der Waals surface area contributed by atoms with E-state index in [1.807, 2.05) is 42.1 Å². The predicted octanol–water partition coefficient (Wildman–Crippen LogP) is 2.80. The van der Waals surface area contributed by atoms with Gasteiger partial charge in [-0.1, -0.05) is 43.2 Å². The van der Waals surface area contributed by atoms with Crippen LogP contribution in [0.1, 0.15) is 95.5 Å². The Kier molecular flexibility index (Phi) is 17.0. The minimum Gasteiger partial charge on any atom is -0.480 e. The molecule has 0 spiro atoms. The van der Waals surface area contributed by atoms with Gasteiger partial charge in [-0.15, -0.1) is 0 Å². The van der Waals surface area contributed by atoms with E-state index in [1.54, 1.807) is 0 Å². The first kappa shape index (κ1) is 40.9. The summed E-state index contributed by atoms with van der Waals surface area (Å²) in [5, 5.41) is 34.8. The van der Waals surface area contributed by atoms with Crippen LogP contribution >= 0.6 is 11.8 Å². The molecule has 3 saturated heterocycles. The number of nitrogens with zero attached hydrogens (tertiary/aromatic N) is 1. The number of benzene rings is 1. The zero-order valence-electron chi connectivity index (χ0n) is 30.0. The van der Waals surface area contributed by atoms with E-state index in [1.165, 1.54) is 4.90 Å². The number of unbranched alkanes of at least 4 members (excludes halogenated alkanes) is 4. The minimum absolute atomic E-state index is 0.0393. The molecule has 3 fully saturated rings. The van der Waals surface area contributed by atoms with Gasteiger partial charge in [0.05, 0.1) is 18.1 Å². The van der Waals surface area contributed by atoms with Crippen molar-refractivity contribution in [3.8, 4) is 0 Å². The van der Waals surface area contributed by atoms with E-state index in [4.69, 9.17) is 0 Å². The Labute approximate surface area is 310 Å². The lowest BCUT2D eigenvalue weighted by Crippen LogP contribution is -2.54. The molecule has 6 atom stereocenters. The molecular weight excluding hydrogens is 689 g/mol. The number of hydrogen-bond acceptors (Lipinski definition) is 8. The molecule has 1 unspecified atom stereocenters. The lowest BCUT2D eigenvalue weighted by molar-refractivity contribution is -0.149. The number of hydrogen-bond donors (Lipinski definition) is 7. The van der Waals surface area contributed by atoms with E-state index < -0.39 is 36.0 Å². The highest BCUT2D eigenvalue weighted by Crippen LogP contribution is 2.33. The van der Waals surface area contributed by atoms with Crippen LogP contribution in [0.25, 0.3) is 0 Å². The number of thioether (sulfide) groups is 1. The summed E-state index contributed by atoms with van der Waals surface area (Å²) in [6.07, 6.45) is 9.08. The number of carboxylic acid groups (broad SMARTS) is 2. The molecule has 15 heteroatoms. The SMILES string of the molecule is O=C(CCCCCNC(=O)CCCC[C@@H]1SC[C@@H]2NC(=O)N[C@@H]21)NCCCC[C@H](NC(CCc1ccccc1)C(=O)O)C(=O)N1CCC[C@H]1C(=O)O. The van der Waals surface area contributed by atoms with Gasteiger partial charge in [0, 0.05) is 43.5 Å². The lowest BCUT2D eigenvalue weighted by Gasteiger charge is -2.29. The van der Waals surface area contributed by atoms with Crippen molar-refractivity contribution >= 4 is 47.5 Å². The molecular formula is C37H56N6O8S. The van der Waals surface area contributed by atoms with Gasteiger partial charge in [0.2, 0.25) is 17.7 Å². The van der Waals surface area contributed by atoms with Crippen molar-refractivity contribution in [3.63, 3.8) is 0 Å². The maximum absolute atomic E-state index is 13.5. The highest BCUT2D eigenvalue weighted by molar-refractivity contribution is 8.00. The molecule has 1 aromatic carbocycles. The summed E-state index contributed by atoms with van der Waals surface area (Å²) in [5.74, 6) is -1.62. The summed E-state index contributed by atoms with van der Waals surface area (Å²) in [5.41, 5.74) is 0.988. The number of fused-ring (bicyclic) bond motifs is 1. The number of carbonyl (C=O) groups is 6. The Morgan fingerprint density at radius 1 is 0.846 bits per heavy atom. The number of nitrogens with one attached hydrogen (secondary N) is 5. The van der Waals surface area contributed by atoms with E-state index in [9.17, 15) is 39.0 Å². The Hall–Kier alpha value is -3.85. The Bertz CT molecular complexity index is 1350. The monoisotopic (exact) mass is 744 g/mol. The zero-order valence-corrected chi connectivity index (χ0v) is 30.8. The van der Waals surface area contributed by atoms with Gasteiger partial charge in [0.15, 0.2) is 0 Å². The predicted molar refractivity (Wildman–Crippen MR) is 198 cm³/mol. The number of aryl methyl sites for hydroxylation is 1. The normalized spacial score (nSPS) is 21.8. The van der Waals surface area contributed by atoms with Gasteiger partial charge in [-0.25, -0.2) is 9.59 Å². The van der Waals surface area contributed by atoms with E-state index in [0.717, 1.165) is 43.4 Å². The number of urea groups is 1. The van der Waals surface area contributed by atoms with Gasteiger partial charge >= 0.3 is 18.0 Å². The molecule has 3 aliphatic rings. The molecule has 288 valence electrons. The minimum atomic E-state index is -1.07. The van der Waals surface area contributed by atoms with Crippen LogP contribution in [0.5, 0.6) is 0 Å². The number of carbonyl (C=O) groups excluding carboxylic acids is 4. The average molecular weight is 745 g/mol. The molecule has 3 heterocycles. The van der Waals surface area contributed by atoms with Crippen LogP contribution in [0.2, 0.25) is 0 Å². The van der Waals surface area contributed by atoms with Crippen molar-refractivity contribution in [3.05, 3.63) is 35.9 Å². The molecule has 3 aliphatic heterocycles. The summed E-state index contributed by atoms with van der Waals surface area (Å²) in [7, 11) is 0. The van der Waals surface area contributed by atoms with Crippen LogP contribution < -0.4 is 26.6 Å². The van der Waals surface area contributed by atoms with Crippen LogP contribution in [-0.4, -0.2) is 112 Å². The first-order valence-electron chi connectivity index (χ1n) is 18.9. The highest BCUT2D eigenvalue weighted by atomic mass is 32.2. The molecule has 0 bridgehead atoms. The Balaban J connectivity index is 1.07. The second-order valence-electron chi connectivity index (χ2n) is 14.0. The van der Waals surface area contributed by atoms with Crippen LogP contribution in [0.4, 0.5) is 4.79 Å². The average Bonchev–Trinajstić information content (AvgIpc) is 3.86. The molecule has 4 rings (SSSR count). The molecule has 5 amide bonds. The van der Waals surface area contributed by atoms with Crippen molar-refractivity contribution in [2.45, 2.75) is 132 Å². The van der Waals surface area contributed by atoms with Crippen LogP contribution in [-0.2, 0) is 30.4 Å². The fraction of sp³-hybridized carbons (Fsp3) is 0.676. The van der Waals surface area contributed by atoms with Crippen LogP contribution in [0.15, 0.2) is 30.3 Å². The van der Waals surface area contributed by atoms with Crippen LogP contribution in [0.3, 0.4) is 0 Å². The van der Waals surface area contributed by atoms with E-state index in [-0.39, 0.29) is 36.3 Å². The first-order chi connectivity index (χ1) is 25.1. The third-order valence-corrected chi connectivity index (χ3v) is 11.6. The molecule has 7 N–H and O–H groups in total. The zero-order chi connectivity index (χ0) is 37.3. The van der Waals surface area contributed by atoms with Gasteiger partial charge < -0.3 is 36.4 Å². The third-order valence-electron chi connectivity index (χ3n) is 10.1. The second-order valence-corrected chi connectivity index (χ2v) is 15.3. The summed E-state index contributed by atoms with van der Waals surface area (Å²) in [6, 6.07) is 7.08. The number of aliphatic carboxylic acids is 2. The molecule has 0 aliphatic carbocycles. The Morgan fingerprint density at radius 2 is 1.54 bits per heavy atom. The van der Waals surface area contributed by atoms with E-state index >= 15 is 0 Å². The number of carboxylic acids is 2. The molecule has 14 nitrogen and oxygen atoms in total. The van der Waals surface area contributed by atoms with Crippen molar-refractivity contribution in [1.29, 1.82) is 0 Å². The lowest BCUT2D eigenvalue weighted by atomic mass is 10.0. The van der Waals surface area contributed by atoms with Crippen molar-refractivity contribution in [1.82, 2.24) is 31.5 Å². The molecule has 0 radical (unpaired) electrons. The van der Waals surface area contributed by atoms with Gasteiger partial charge in [-0.2, -0.15) is 11.8 Å². The van der Waals surface area contributed by atoms with Gasteiger partial charge in [-0.05, 0) is 76.2 Å². The summed E-state index contributed by atoms with van der Waals surface area (Å²) >= 11 is 1.88. The standard InChI is InChI=1S/C37H56N6O8S/c44-31(17-5-2-9-21-38-32(45)18-7-6-16-30-33-28(24-52-30)41-37(51)42-33)39-22-10-8-14-26(34(46)43-23-11-15-29(43)36(49)50)40-27(35(47)48)20-19-25-12-3-1-4-13-25/h1,3-4,12-13,26-30,33,40H,2,5-11,14-24H2,(H,38,45)(H,39,44)(H,47,48)(H,49,50)(H2,41,42,51)/t26-,27?,28-,29-,30-,33-/m0/s1. The Morgan fingerprint density at radius 3 is 2.23 bits per heavy atom. The van der Waals surface area contributed by atoms with E-state index in [0.29, 0.717) is 82.7 Å². The number of amides is 5. The van der Waals surface area contributed by atoms with Gasteiger partial charge in [0.25, 0.3) is 0 Å². The summed E-state index contributed by atoms with van der Waals surface area (Å²) in [4.78, 5) is 74.9. The molecule has 52 heavy (non-hydrogen) atoms. The summed E-state index contributed by atoms with van der Waals surface area (Å²) in [6.45, 7) is 1.31. The van der Waals surface area contributed by atoms with E-state index in [2.05, 4.69) is 26.6 Å². The number of rotatable bonds is 24. The molecule has 0 saturated carbocycles. The van der Waals surface area contributed by atoms with Crippen molar-refractivity contribution in [2.24, 2.45) is 0 Å². The molecule has 0 aromatic heterocycles. The topological polar surface area (TPSA) is 206 Å². The maximum atomic E-state index is 13.5. The van der Waals surface area contributed by atoms with Crippen LogP contribution in [0, 0.1) is 0 Å². The largest absolute Gasteiger partial charge is 0.480 e. The first-order valence-corrected chi connectivity index (χ1v) is 20.0. The van der Waals surface area contributed by atoms with Crippen molar-refractivity contribution in [2.75, 3.05) is 25.4 Å². The maximum Gasteiger partial charge on any atom is 0.326 e. The highest BCUT2D eigenvalue weighted by Gasteiger charge is 2.42. The van der Waals surface area contributed by atoms with Gasteiger partial charge in [-0.3, -0.25) is 24.5 Å². The third kappa shape index (κ3) is 13.3. The summed E-state index contributed by atoms with van der Waals surface area (Å²) < 4.78 is 0. The number of likely N-dealkylation sites (tertiary alicyclic amines) is 1. The fourth-order valence-electron chi connectivity index (χ4n) is 7.21. The smallest absolute Gasteiger partial charge is 0.326 e. The quantitative estimate of drug-likeness (QED) is 0.0609. The molecule has 1 aromatic rings.